The Bertz CT molecular complexity index is 542. The average Bonchev–Trinajstić information content (AvgIpc) is 2.95. The van der Waals surface area contributed by atoms with E-state index >= 15 is 0 Å². The van der Waals surface area contributed by atoms with Crippen molar-refractivity contribution < 1.29 is 4.74 Å². The van der Waals surface area contributed by atoms with Crippen LogP contribution in [-0.2, 0) is 11.3 Å². The van der Waals surface area contributed by atoms with E-state index in [4.69, 9.17) is 4.74 Å². The zero-order valence-corrected chi connectivity index (χ0v) is 11.6. The van der Waals surface area contributed by atoms with Gasteiger partial charge in [-0.3, -0.25) is 4.90 Å². The number of benzene rings is 1. The van der Waals surface area contributed by atoms with Crippen LogP contribution in [0.2, 0.25) is 0 Å². The Morgan fingerprint density at radius 1 is 1.25 bits per heavy atom. The van der Waals surface area contributed by atoms with Crippen LogP contribution in [0.25, 0.3) is 11.4 Å². The van der Waals surface area contributed by atoms with Crippen molar-refractivity contribution in [1.29, 1.82) is 0 Å². The zero-order chi connectivity index (χ0) is 13.8. The summed E-state index contributed by atoms with van der Waals surface area (Å²) in [6.45, 7) is 6.55. The molecule has 0 spiro atoms. The lowest BCUT2D eigenvalue weighted by atomic mass is 10.2. The predicted molar refractivity (Wildman–Crippen MR) is 75.1 cm³/mol. The third-order valence-corrected chi connectivity index (χ3v) is 3.43. The standard InChI is InChI=1S/C14H19N5O/c1-12-11-18(9-10-20-12)7-8-19-16-14(15-17-19)13-5-3-2-4-6-13/h2-6,12H,7-11H2,1H3/t12-/m1/s1. The first kappa shape index (κ1) is 13.2. The van der Waals surface area contributed by atoms with Gasteiger partial charge in [0.1, 0.15) is 0 Å². The number of tetrazole rings is 1. The number of nitrogens with zero attached hydrogens (tertiary/aromatic N) is 5. The summed E-state index contributed by atoms with van der Waals surface area (Å²) in [6, 6.07) is 9.92. The van der Waals surface area contributed by atoms with Crippen LogP contribution in [0.1, 0.15) is 6.92 Å². The second-order valence-corrected chi connectivity index (χ2v) is 5.06. The SMILES string of the molecule is C[C@@H]1CN(CCn2nnc(-c3ccccc3)n2)CCO1. The van der Waals surface area contributed by atoms with Gasteiger partial charge in [-0.1, -0.05) is 30.3 Å². The summed E-state index contributed by atoms with van der Waals surface area (Å²) in [5.74, 6) is 0.681. The monoisotopic (exact) mass is 273 g/mol. The van der Waals surface area contributed by atoms with E-state index < -0.39 is 0 Å². The quantitative estimate of drug-likeness (QED) is 0.833. The summed E-state index contributed by atoms with van der Waals surface area (Å²) in [6.07, 6.45) is 0.312. The minimum atomic E-state index is 0.312. The van der Waals surface area contributed by atoms with Gasteiger partial charge in [0.05, 0.1) is 19.3 Å². The second kappa shape index (κ2) is 6.11. The highest BCUT2D eigenvalue weighted by molar-refractivity contribution is 5.52. The van der Waals surface area contributed by atoms with Gasteiger partial charge < -0.3 is 4.74 Å². The first-order chi connectivity index (χ1) is 9.81. The largest absolute Gasteiger partial charge is 0.376 e. The third kappa shape index (κ3) is 3.20. The van der Waals surface area contributed by atoms with Gasteiger partial charge in [0, 0.05) is 25.2 Å². The van der Waals surface area contributed by atoms with Gasteiger partial charge in [0.15, 0.2) is 0 Å². The van der Waals surface area contributed by atoms with Crippen LogP contribution < -0.4 is 0 Å². The Labute approximate surface area is 118 Å². The molecule has 1 atom stereocenters. The van der Waals surface area contributed by atoms with Crippen molar-refractivity contribution in [1.82, 2.24) is 25.1 Å². The van der Waals surface area contributed by atoms with Crippen LogP contribution in [0.3, 0.4) is 0 Å². The molecule has 1 aliphatic heterocycles. The molecule has 1 aromatic heterocycles. The maximum atomic E-state index is 5.53. The molecule has 2 aromatic rings. The van der Waals surface area contributed by atoms with E-state index in [0.717, 1.165) is 38.3 Å². The molecule has 0 aliphatic carbocycles. The fraction of sp³-hybridized carbons (Fsp3) is 0.500. The molecule has 0 saturated carbocycles. The van der Waals surface area contributed by atoms with Crippen LogP contribution in [0.15, 0.2) is 30.3 Å². The molecule has 0 bridgehead atoms. The molecule has 1 aliphatic rings. The molecule has 1 aromatic carbocycles. The second-order valence-electron chi connectivity index (χ2n) is 5.06. The van der Waals surface area contributed by atoms with E-state index in [1.165, 1.54) is 0 Å². The van der Waals surface area contributed by atoms with Crippen molar-refractivity contribution >= 4 is 0 Å². The van der Waals surface area contributed by atoms with Gasteiger partial charge >= 0.3 is 0 Å². The predicted octanol–water partition coefficient (Wildman–Crippen LogP) is 1.06. The zero-order valence-electron chi connectivity index (χ0n) is 11.6. The molecule has 20 heavy (non-hydrogen) atoms. The van der Waals surface area contributed by atoms with Gasteiger partial charge in [-0.15, -0.1) is 10.2 Å². The molecule has 2 heterocycles. The molecule has 0 N–H and O–H groups in total. The summed E-state index contributed by atoms with van der Waals surface area (Å²) >= 11 is 0. The highest BCUT2D eigenvalue weighted by atomic mass is 16.5. The van der Waals surface area contributed by atoms with E-state index in [2.05, 4.69) is 27.2 Å². The minimum Gasteiger partial charge on any atom is -0.376 e. The van der Waals surface area contributed by atoms with Crippen molar-refractivity contribution in [2.45, 2.75) is 19.6 Å². The molecule has 6 heteroatoms. The first-order valence-electron chi connectivity index (χ1n) is 6.98. The lowest BCUT2D eigenvalue weighted by molar-refractivity contribution is -0.0197. The molecule has 106 valence electrons. The van der Waals surface area contributed by atoms with E-state index in [9.17, 15) is 0 Å². The summed E-state index contributed by atoms with van der Waals surface area (Å²) < 4.78 is 5.53. The molecule has 1 saturated heterocycles. The number of morpholine rings is 1. The number of ether oxygens (including phenoxy) is 1. The molecule has 3 rings (SSSR count). The number of aromatic nitrogens is 4. The van der Waals surface area contributed by atoms with Gasteiger partial charge in [-0.25, -0.2) is 0 Å². The van der Waals surface area contributed by atoms with Crippen LogP contribution in [0, 0.1) is 0 Å². The smallest absolute Gasteiger partial charge is 0.204 e. The summed E-state index contributed by atoms with van der Waals surface area (Å²) in [7, 11) is 0. The first-order valence-corrected chi connectivity index (χ1v) is 6.98. The third-order valence-electron chi connectivity index (χ3n) is 3.43. The minimum absolute atomic E-state index is 0.312. The van der Waals surface area contributed by atoms with E-state index in [1.54, 1.807) is 4.80 Å². The highest BCUT2D eigenvalue weighted by Gasteiger charge is 2.16. The highest BCUT2D eigenvalue weighted by Crippen LogP contribution is 2.11. The lowest BCUT2D eigenvalue weighted by Crippen LogP contribution is -2.42. The molecule has 1 fully saturated rings. The average molecular weight is 273 g/mol. The van der Waals surface area contributed by atoms with Gasteiger partial charge in [0.2, 0.25) is 5.82 Å². The van der Waals surface area contributed by atoms with E-state index in [1.807, 2.05) is 30.3 Å². The maximum Gasteiger partial charge on any atom is 0.204 e. The fourth-order valence-electron chi connectivity index (χ4n) is 2.37. The van der Waals surface area contributed by atoms with Gasteiger partial charge in [-0.2, -0.15) is 4.80 Å². The molecule has 0 radical (unpaired) electrons. The normalized spacial score (nSPS) is 20.1. The number of rotatable bonds is 4. The van der Waals surface area contributed by atoms with Crippen molar-refractivity contribution in [3.8, 4) is 11.4 Å². The van der Waals surface area contributed by atoms with Crippen molar-refractivity contribution in [3.63, 3.8) is 0 Å². The topological polar surface area (TPSA) is 56.1 Å². The van der Waals surface area contributed by atoms with Gasteiger partial charge in [0.25, 0.3) is 0 Å². The Kier molecular flexibility index (Phi) is 4.03. The number of hydrogen-bond donors (Lipinski definition) is 0. The van der Waals surface area contributed by atoms with Crippen LogP contribution >= 0.6 is 0 Å². The van der Waals surface area contributed by atoms with Crippen LogP contribution in [0.4, 0.5) is 0 Å². The Morgan fingerprint density at radius 3 is 2.90 bits per heavy atom. The molecule has 0 unspecified atom stereocenters. The molecule has 0 amide bonds. The lowest BCUT2D eigenvalue weighted by Gasteiger charge is -2.30. The fourth-order valence-corrected chi connectivity index (χ4v) is 2.37. The van der Waals surface area contributed by atoms with Crippen LogP contribution in [0.5, 0.6) is 0 Å². The number of hydrogen-bond acceptors (Lipinski definition) is 5. The van der Waals surface area contributed by atoms with Crippen molar-refractivity contribution in [2.24, 2.45) is 0 Å². The maximum absolute atomic E-state index is 5.53. The Balaban J connectivity index is 1.58. The Morgan fingerprint density at radius 2 is 2.10 bits per heavy atom. The molecular weight excluding hydrogens is 254 g/mol. The van der Waals surface area contributed by atoms with Crippen molar-refractivity contribution in [3.05, 3.63) is 30.3 Å². The van der Waals surface area contributed by atoms with Gasteiger partial charge in [-0.05, 0) is 12.1 Å². The summed E-state index contributed by atoms with van der Waals surface area (Å²) in [5, 5.41) is 12.6. The molecular formula is C14H19N5O. The van der Waals surface area contributed by atoms with E-state index in [-0.39, 0.29) is 0 Å². The van der Waals surface area contributed by atoms with E-state index in [0.29, 0.717) is 11.9 Å². The van der Waals surface area contributed by atoms with Crippen LogP contribution in [-0.4, -0.2) is 57.5 Å². The summed E-state index contributed by atoms with van der Waals surface area (Å²) in [5.41, 5.74) is 0.999. The van der Waals surface area contributed by atoms with Crippen molar-refractivity contribution in [2.75, 3.05) is 26.2 Å². The Hall–Kier alpha value is -1.79. The molecule has 6 nitrogen and oxygen atoms in total. The summed E-state index contributed by atoms with van der Waals surface area (Å²) in [4.78, 5) is 4.04.